The summed E-state index contributed by atoms with van der Waals surface area (Å²) in [6, 6.07) is 0.302. The van der Waals surface area contributed by atoms with Gasteiger partial charge in [-0.2, -0.15) is 0 Å². The van der Waals surface area contributed by atoms with Gasteiger partial charge in [0.05, 0.1) is 0 Å². The molecule has 2 amide bonds. The molecule has 0 aromatic heterocycles. The summed E-state index contributed by atoms with van der Waals surface area (Å²) in [4.78, 5) is 25.5. The highest BCUT2D eigenvalue weighted by atomic mass is 16.2. The molecule has 0 spiro atoms. The second-order valence-corrected chi connectivity index (χ2v) is 5.11. The summed E-state index contributed by atoms with van der Waals surface area (Å²) in [6.07, 6.45) is 6.40. The van der Waals surface area contributed by atoms with E-state index >= 15 is 0 Å². The molecule has 1 rings (SSSR count). The van der Waals surface area contributed by atoms with E-state index < -0.39 is 0 Å². The Morgan fingerprint density at radius 2 is 1.67 bits per heavy atom. The summed E-state index contributed by atoms with van der Waals surface area (Å²) in [7, 11) is 0. The molecule has 0 aliphatic heterocycles. The normalized spacial score (nSPS) is 15.7. The molecular weight excluding hydrogens is 228 g/mol. The van der Waals surface area contributed by atoms with Crippen LogP contribution in [0.15, 0.2) is 0 Å². The molecule has 4 heteroatoms. The van der Waals surface area contributed by atoms with E-state index in [1.165, 1.54) is 12.8 Å². The fourth-order valence-electron chi connectivity index (χ4n) is 2.50. The summed E-state index contributed by atoms with van der Waals surface area (Å²) in [5, 5.41) is 2.96. The smallest absolute Gasteiger partial charge is 0.232 e. The molecule has 104 valence electrons. The molecular formula is C14H26N2O2. The Hall–Kier alpha value is -1.06. The van der Waals surface area contributed by atoms with Gasteiger partial charge < -0.3 is 10.2 Å². The van der Waals surface area contributed by atoms with Gasteiger partial charge >= 0.3 is 0 Å². The van der Waals surface area contributed by atoms with Crippen LogP contribution in [0.5, 0.6) is 0 Å². The lowest BCUT2D eigenvalue weighted by molar-refractivity contribution is -0.136. The van der Waals surface area contributed by atoms with Gasteiger partial charge in [0.15, 0.2) is 0 Å². The molecule has 0 radical (unpaired) electrons. The van der Waals surface area contributed by atoms with Gasteiger partial charge in [0.25, 0.3) is 0 Å². The van der Waals surface area contributed by atoms with E-state index in [9.17, 15) is 9.59 Å². The Kier molecular flexibility index (Phi) is 6.76. The SMILES string of the molecule is CCCN(CCC)C(=O)CC(=O)NC1CCCC1. The van der Waals surface area contributed by atoms with Gasteiger partial charge in [-0.3, -0.25) is 9.59 Å². The Morgan fingerprint density at radius 3 is 2.17 bits per heavy atom. The van der Waals surface area contributed by atoms with Gasteiger partial charge in [-0.15, -0.1) is 0 Å². The third-order valence-electron chi connectivity index (χ3n) is 3.37. The summed E-state index contributed by atoms with van der Waals surface area (Å²) >= 11 is 0. The quantitative estimate of drug-likeness (QED) is 0.707. The Balaban J connectivity index is 2.33. The molecule has 0 unspecified atom stereocenters. The second kappa shape index (κ2) is 8.11. The van der Waals surface area contributed by atoms with Crippen molar-refractivity contribution in [3.8, 4) is 0 Å². The van der Waals surface area contributed by atoms with E-state index in [-0.39, 0.29) is 18.2 Å². The van der Waals surface area contributed by atoms with Crippen LogP contribution in [-0.2, 0) is 9.59 Å². The van der Waals surface area contributed by atoms with Crippen LogP contribution in [-0.4, -0.2) is 35.8 Å². The van der Waals surface area contributed by atoms with Gasteiger partial charge in [0.1, 0.15) is 6.42 Å². The van der Waals surface area contributed by atoms with Crippen molar-refractivity contribution in [3.05, 3.63) is 0 Å². The highest BCUT2D eigenvalue weighted by Crippen LogP contribution is 2.17. The predicted octanol–water partition coefficient (Wildman–Crippen LogP) is 2.08. The fourth-order valence-corrected chi connectivity index (χ4v) is 2.50. The molecule has 0 heterocycles. The Labute approximate surface area is 110 Å². The van der Waals surface area contributed by atoms with Gasteiger partial charge in [-0.05, 0) is 25.7 Å². The van der Waals surface area contributed by atoms with Crippen LogP contribution in [0.2, 0.25) is 0 Å². The fraction of sp³-hybridized carbons (Fsp3) is 0.857. The molecule has 18 heavy (non-hydrogen) atoms. The van der Waals surface area contributed by atoms with Crippen molar-refractivity contribution >= 4 is 11.8 Å². The topological polar surface area (TPSA) is 49.4 Å². The number of carbonyl (C=O) groups is 2. The lowest BCUT2D eigenvalue weighted by Gasteiger charge is -2.21. The number of hydrogen-bond donors (Lipinski definition) is 1. The van der Waals surface area contributed by atoms with Crippen LogP contribution in [0, 0.1) is 0 Å². The minimum Gasteiger partial charge on any atom is -0.353 e. The zero-order valence-corrected chi connectivity index (χ0v) is 11.7. The molecule has 0 bridgehead atoms. The van der Waals surface area contributed by atoms with Crippen molar-refractivity contribution in [1.29, 1.82) is 0 Å². The lowest BCUT2D eigenvalue weighted by atomic mass is 10.2. The molecule has 0 atom stereocenters. The van der Waals surface area contributed by atoms with Gasteiger partial charge in [-0.25, -0.2) is 0 Å². The maximum Gasteiger partial charge on any atom is 0.232 e. The van der Waals surface area contributed by atoms with Crippen LogP contribution < -0.4 is 5.32 Å². The summed E-state index contributed by atoms with van der Waals surface area (Å²) in [5.74, 6) is -0.140. The van der Waals surface area contributed by atoms with Crippen molar-refractivity contribution < 1.29 is 9.59 Å². The second-order valence-electron chi connectivity index (χ2n) is 5.11. The number of amides is 2. The number of carbonyl (C=O) groups excluding carboxylic acids is 2. The Morgan fingerprint density at radius 1 is 1.11 bits per heavy atom. The monoisotopic (exact) mass is 254 g/mol. The van der Waals surface area contributed by atoms with Crippen molar-refractivity contribution in [2.75, 3.05) is 13.1 Å². The summed E-state index contributed by atoms with van der Waals surface area (Å²) in [5.41, 5.74) is 0. The molecule has 0 aromatic carbocycles. The van der Waals surface area contributed by atoms with Crippen LogP contribution in [0.1, 0.15) is 58.8 Å². The molecule has 0 aromatic rings. The number of rotatable bonds is 7. The first kappa shape index (κ1) is 15.0. The van der Waals surface area contributed by atoms with E-state index in [1.807, 2.05) is 0 Å². The van der Waals surface area contributed by atoms with E-state index in [2.05, 4.69) is 19.2 Å². The summed E-state index contributed by atoms with van der Waals surface area (Å²) in [6.45, 7) is 5.61. The maximum absolute atomic E-state index is 12.0. The van der Waals surface area contributed by atoms with Gasteiger partial charge in [0.2, 0.25) is 11.8 Å². The summed E-state index contributed by atoms with van der Waals surface area (Å²) < 4.78 is 0. The highest BCUT2D eigenvalue weighted by Gasteiger charge is 2.20. The van der Waals surface area contributed by atoms with Crippen LogP contribution in [0.3, 0.4) is 0 Å². The zero-order valence-electron chi connectivity index (χ0n) is 11.7. The minimum absolute atomic E-state index is 0.0104. The highest BCUT2D eigenvalue weighted by molar-refractivity contribution is 5.97. The average Bonchev–Trinajstić information content (AvgIpc) is 2.81. The first-order valence-corrected chi connectivity index (χ1v) is 7.24. The molecule has 1 aliphatic carbocycles. The number of hydrogen-bond acceptors (Lipinski definition) is 2. The lowest BCUT2D eigenvalue weighted by Crippen LogP contribution is -2.39. The third kappa shape index (κ3) is 5.07. The number of nitrogens with one attached hydrogen (secondary N) is 1. The van der Waals surface area contributed by atoms with Crippen molar-refractivity contribution in [2.24, 2.45) is 0 Å². The van der Waals surface area contributed by atoms with E-state index in [0.717, 1.165) is 38.8 Å². The standard InChI is InChI=1S/C14H26N2O2/c1-3-9-16(10-4-2)14(18)11-13(17)15-12-7-5-6-8-12/h12H,3-11H2,1-2H3,(H,15,17). The van der Waals surface area contributed by atoms with Crippen molar-refractivity contribution in [2.45, 2.75) is 64.8 Å². The molecule has 1 N–H and O–H groups in total. The van der Waals surface area contributed by atoms with Crippen LogP contribution >= 0.6 is 0 Å². The average molecular weight is 254 g/mol. The molecule has 1 saturated carbocycles. The molecule has 1 aliphatic rings. The third-order valence-corrected chi connectivity index (χ3v) is 3.37. The first-order chi connectivity index (χ1) is 8.67. The number of nitrogens with zero attached hydrogens (tertiary/aromatic N) is 1. The first-order valence-electron chi connectivity index (χ1n) is 7.24. The van der Waals surface area contributed by atoms with Gasteiger partial charge in [0, 0.05) is 19.1 Å². The van der Waals surface area contributed by atoms with Crippen molar-refractivity contribution in [3.63, 3.8) is 0 Å². The van der Waals surface area contributed by atoms with E-state index in [1.54, 1.807) is 4.90 Å². The molecule has 1 fully saturated rings. The van der Waals surface area contributed by atoms with E-state index in [0.29, 0.717) is 6.04 Å². The minimum atomic E-state index is -0.107. The van der Waals surface area contributed by atoms with Crippen molar-refractivity contribution in [1.82, 2.24) is 10.2 Å². The van der Waals surface area contributed by atoms with E-state index in [4.69, 9.17) is 0 Å². The zero-order chi connectivity index (χ0) is 13.4. The maximum atomic E-state index is 12.0. The largest absolute Gasteiger partial charge is 0.353 e. The molecule has 4 nitrogen and oxygen atoms in total. The van der Waals surface area contributed by atoms with Gasteiger partial charge in [-0.1, -0.05) is 26.7 Å². The molecule has 0 saturated heterocycles. The van der Waals surface area contributed by atoms with Crippen LogP contribution in [0.25, 0.3) is 0 Å². The van der Waals surface area contributed by atoms with Crippen LogP contribution in [0.4, 0.5) is 0 Å². The Bertz CT molecular complexity index is 267. The predicted molar refractivity (Wildman–Crippen MR) is 72.2 cm³/mol.